The first-order chi connectivity index (χ1) is 10.7. The quantitative estimate of drug-likeness (QED) is 0.845. The van der Waals surface area contributed by atoms with Gasteiger partial charge in [-0.05, 0) is 37.8 Å². The van der Waals surface area contributed by atoms with Crippen molar-refractivity contribution in [1.82, 2.24) is 10.6 Å². The Labute approximate surface area is 133 Å². The number of carbonyl (C=O) groups is 1. The molecule has 120 valence electrons. The highest BCUT2D eigenvalue weighted by Crippen LogP contribution is 2.26. The van der Waals surface area contributed by atoms with Crippen LogP contribution in [0, 0.1) is 0 Å². The standard InChI is InChI=1S/C18H27N3O/c1-14(18(22)20-16-7-3-4-8-16)19-11-13-21-12-10-15-6-2-5-9-17(15)21/h2,5-6,9,14,16,19H,3-4,7-8,10-13H2,1H3,(H,20,22)/t14-/m1/s1. The second-order valence-electron chi connectivity index (χ2n) is 6.53. The SMILES string of the molecule is C[C@@H](NCCN1CCc2ccccc21)C(=O)NC1CCCC1. The fraction of sp³-hybridized carbons (Fsp3) is 0.611. The molecule has 2 aliphatic rings. The highest BCUT2D eigenvalue weighted by molar-refractivity contribution is 5.81. The van der Waals surface area contributed by atoms with Gasteiger partial charge in [0.1, 0.15) is 0 Å². The molecule has 0 spiro atoms. The van der Waals surface area contributed by atoms with Gasteiger partial charge in [0.25, 0.3) is 0 Å². The molecule has 1 atom stereocenters. The number of rotatable bonds is 6. The lowest BCUT2D eigenvalue weighted by Gasteiger charge is -2.22. The van der Waals surface area contributed by atoms with E-state index in [9.17, 15) is 4.79 Å². The zero-order valence-electron chi connectivity index (χ0n) is 13.5. The molecule has 2 N–H and O–H groups in total. The van der Waals surface area contributed by atoms with E-state index in [1.165, 1.54) is 24.1 Å². The van der Waals surface area contributed by atoms with E-state index in [1.54, 1.807) is 0 Å². The van der Waals surface area contributed by atoms with Crippen molar-refractivity contribution in [3.8, 4) is 0 Å². The highest BCUT2D eigenvalue weighted by Gasteiger charge is 2.21. The van der Waals surface area contributed by atoms with Crippen LogP contribution >= 0.6 is 0 Å². The van der Waals surface area contributed by atoms with Crippen LogP contribution in [0.2, 0.25) is 0 Å². The summed E-state index contributed by atoms with van der Waals surface area (Å²) in [4.78, 5) is 14.5. The lowest BCUT2D eigenvalue weighted by atomic mass is 10.2. The smallest absolute Gasteiger partial charge is 0.237 e. The Morgan fingerprint density at radius 3 is 2.91 bits per heavy atom. The van der Waals surface area contributed by atoms with Gasteiger partial charge in [-0.15, -0.1) is 0 Å². The number of hydrogen-bond acceptors (Lipinski definition) is 3. The topological polar surface area (TPSA) is 44.4 Å². The van der Waals surface area contributed by atoms with E-state index in [4.69, 9.17) is 0 Å². The van der Waals surface area contributed by atoms with Crippen LogP contribution in [0.1, 0.15) is 38.2 Å². The van der Waals surface area contributed by atoms with Crippen molar-refractivity contribution in [2.75, 3.05) is 24.5 Å². The second-order valence-corrected chi connectivity index (χ2v) is 6.53. The van der Waals surface area contributed by atoms with Crippen molar-refractivity contribution in [2.45, 2.75) is 51.1 Å². The van der Waals surface area contributed by atoms with Crippen LogP contribution in [0.3, 0.4) is 0 Å². The van der Waals surface area contributed by atoms with E-state index in [0.29, 0.717) is 6.04 Å². The minimum Gasteiger partial charge on any atom is -0.370 e. The highest BCUT2D eigenvalue weighted by atomic mass is 16.2. The van der Waals surface area contributed by atoms with Gasteiger partial charge in [-0.25, -0.2) is 0 Å². The van der Waals surface area contributed by atoms with Crippen molar-refractivity contribution in [2.24, 2.45) is 0 Å². The molecule has 0 bridgehead atoms. The molecular weight excluding hydrogens is 274 g/mol. The third-order valence-electron chi connectivity index (χ3n) is 4.91. The summed E-state index contributed by atoms with van der Waals surface area (Å²) in [5.41, 5.74) is 2.79. The van der Waals surface area contributed by atoms with Crippen molar-refractivity contribution in [3.05, 3.63) is 29.8 Å². The Morgan fingerprint density at radius 1 is 1.32 bits per heavy atom. The Morgan fingerprint density at radius 2 is 2.09 bits per heavy atom. The van der Waals surface area contributed by atoms with E-state index in [2.05, 4.69) is 39.8 Å². The predicted octanol–water partition coefficient (Wildman–Crippen LogP) is 2.09. The minimum absolute atomic E-state index is 0.113. The van der Waals surface area contributed by atoms with Crippen molar-refractivity contribution in [1.29, 1.82) is 0 Å². The van der Waals surface area contributed by atoms with Crippen LogP contribution in [0.25, 0.3) is 0 Å². The first-order valence-electron chi connectivity index (χ1n) is 8.60. The van der Waals surface area contributed by atoms with Gasteiger partial charge in [0.15, 0.2) is 0 Å². The molecule has 1 aromatic carbocycles. The Balaban J connectivity index is 1.40. The van der Waals surface area contributed by atoms with Crippen LogP contribution in [0.4, 0.5) is 5.69 Å². The van der Waals surface area contributed by atoms with Crippen LogP contribution in [0.5, 0.6) is 0 Å². The molecule has 1 aliphatic carbocycles. The van der Waals surface area contributed by atoms with Crippen molar-refractivity contribution >= 4 is 11.6 Å². The maximum absolute atomic E-state index is 12.1. The van der Waals surface area contributed by atoms with Gasteiger partial charge < -0.3 is 15.5 Å². The third-order valence-corrected chi connectivity index (χ3v) is 4.91. The number of nitrogens with one attached hydrogen (secondary N) is 2. The molecular formula is C18H27N3O. The number of fused-ring (bicyclic) bond motifs is 1. The van der Waals surface area contributed by atoms with E-state index in [-0.39, 0.29) is 11.9 Å². The normalized spacial score (nSPS) is 19.2. The van der Waals surface area contributed by atoms with Crippen LogP contribution in [-0.2, 0) is 11.2 Å². The summed E-state index contributed by atoms with van der Waals surface area (Å²) >= 11 is 0. The Bertz CT molecular complexity index is 511. The van der Waals surface area contributed by atoms with E-state index >= 15 is 0 Å². The lowest BCUT2D eigenvalue weighted by Crippen LogP contribution is -2.47. The molecule has 1 fully saturated rings. The van der Waals surface area contributed by atoms with Crippen LogP contribution < -0.4 is 15.5 Å². The first kappa shape index (κ1) is 15.3. The summed E-state index contributed by atoms with van der Waals surface area (Å²) in [5.74, 6) is 0.147. The van der Waals surface area contributed by atoms with Gasteiger partial charge in [-0.1, -0.05) is 31.0 Å². The lowest BCUT2D eigenvalue weighted by molar-refractivity contribution is -0.123. The number of anilines is 1. The fourth-order valence-electron chi connectivity index (χ4n) is 3.54. The summed E-state index contributed by atoms with van der Waals surface area (Å²) < 4.78 is 0. The number of hydrogen-bond donors (Lipinski definition) is 2. The molecule has 22 heavy (non-hydrogen) atoms. The third kappa shape index (κ3) is 3.61. The van der Waals surface area contributed by atoms with Crippen molar-refractivity contribution in [3.63, 3.8) is 0 Å². The average molecular weight is 301 g/mol. The molecule has 4 heteroatoms. The summed E-state index contributed by atoms with van der Waals surface area (Å²) in [7, 11) is 0. The molecule has 0 aromatic heterocycles. The summed E-state index contributed by atoms with van der Waals surface area (Å²) in [6.07, 6.45) is 5.92. The number of para-hydroxylation sites is 1. The van der Waals surface area contributed by atoms with Gasteiger partial charge >= 0.3 is 0 Å². The molecule has 0 radical (unpaired) electrons. The zero-order valence-corrected chi connectivity index (χ0v) is 13.5. The number of benzene rings is 1. The van der Waals surface area contributed by atoms with E-state index in [0.717, 1.165) is 38.9 Å². The van der Waals surface area contributed by atoms with Gasteiger partial charge in [-0.3, -0.25) is 4.79 Å². The molecule has 0 saturated heterocycles. The maximum Gasteiger partial charge on any atom is 0.237 e. The minimum atomic E-state index is -0.113. The second kappa shape index (κ2) is 7.14. The van der Waals surface area contributed by atoms with Crippen molar-refractivity contribution < 1.29 is 4.79 Å². The molecule has 4 nitrogen and oxygen atoms in total. The molecule has 0 unspecified atom stereocenters. The largest absolute Gasteiger partial charge is 0.370 e. The predicted molar refractivity (Wildman–Crippen MR) is 90.2 cm³/mol. The molecule has 3 rings (SSSR count). The first-order valence-corrected chi connectivity index (χ1v) is 8.60. The van der Waals surface area contributed by atoms with Gasteiger partial charge in [-0.2, -0.15) is 0 Å². The molecule has 1 amide bonds. The average Bonchev–Trinajstić information content (AvgIpc) is 3.17. The Hall–Kier alpha value is -1.55. The number of carbonyl (C=O) groups excluding carboxylic acids is 1. The van der Waals surface area contributed by atoms with Gasteiger partial charge in [0.2, 0.25) is 5.91 Å². The van der Waals surface area contributed by atoms with Gasteiger partial charge in [0, 0.05) is 31.4 Å². The summed E-state index contributed by atoms with van der Waals surface area (Å²) in [6.45, 7) is 4.84. The summed E-state index contributed by atoms with van der Waals surface area (Å²) in [5, 5.41) is 6.52. The number of nitrogens with zero attached hydrogens (tertiary/aromatic N) is 1. The van der Waals surface area contributed by atoms with E-state index in [1.807, 2.05) is 6.92 Å². The number of amides is 1. The van der Waals surface area contributed by atoms with Crippen LogP contribution in [0.15, 0.2) is 24.3 Å². The summed E-state index contributed by atoms with van der Waals surface area (Å²) in [6, 6.07) is 8.90. The Kier molecular flexibility index (Phi) is 4.98. The molecule has 1 aliphatic heterocycles. The molecule has 1 heterocycles. The maximum atomic E-state index is 12.1. The van der Waals surface area contributed by atoms with Crippen LogP contribution in [-0.4, -0.2) is 37.6 Å². The molecule has 1 aromatic rings. The zero-order chi connectivity index (χ0) is 15.4. The molecule has 1 saturated carbocycles. The fourth-order valence-corrected chi connectivity index (χ4v) is 3.54. The van der Waals surface area contributed by atoms with E-state index < -0.39 is 0 Å². The van der Waals surface area contributed by atoms with Gasteiger partial charge in [0.05, 0.1) is 6.04 Å². The monoisotopic (exact) mass is 301 g/mol.